The van der Waals surface area contributed by atoms with Crippen molar-refractivity contribution in [1.29, 1.82) is 0 Å². The van der Waals surface area contributed by atoms with E-state index in [9.17, 15) is 14.7 Å². The summed E-state index contributed by atoms with van der Waals surface area (Å²) in [6.07, 6.45) is 3.24. The van der Waals surface area contributed by atoms with Crippen LogP contribution in [0.15, 0.2) is 60.4 Å². The van der Waals surface area contributed by atoms with Crippen LogP contribution in [0.1, 0.15) is 53.6 Å². The summed E-state index contributed by atoms with van der Waals surface area (Å²) in [5, 5.41) is 12.2. The van der Waals surface area contributed by atoms with E-state index < -0.39 is 17.7 Å². The highest BCUT2D eigenvalue weighted by molar-refractivity contribution is 6.46. The van der Waals surface area contributed by atoms with Crippen LogP contribution in [0.4, 0.5) is 0 Å². The number of pyridine rings is 1. The molecular weight excluding hydrogens is 499 g/mol. The van der Waals surface area contributed by atoms with Gasteiger partial charge < -0.3 is 14.7 Å². The Balaban J connectivity index is 1.94. The van der Waals surface area contributed by atoms with Crippen molar-refractivity contribution in [3.63, 3.8) is 0 Å². The maximum Gasteiger partial charge on any atom is 0.295 e. The van der Waals surface area contributed by atoms with Gasteiger partial charge in [0.2, 0.25) is 0 Å². The molecule has 0 radical (unpaired) electrons. The zero-order valence-electron chi connectivity index (χ0n) is 20.4. The Morgan fingerprint density at radius 1 is 1.08 bits per heavy atom. The number of Topliss-reactive ketones (excluding diaryl/α,β-unsaturated/α-hetero) is 1. The van der Waals surface area contributed by atoms with Gasteiger partial charge in [-0.25, -0.2) is 0 Å². The number of aliphatic hydroxyl groups is 1. The lowest BCUT2D eigenvalue weighted by atomic mass is 9.91. The van der Waals surface area contributed by atoms with Gasteiger partial charge in [-0.3, -0.25) is 14.6 Å². The summed E-state index contributed by atoms with van der Waals surface area (Å²) in [6.45, 7) is 6.00. The van der Waals surface area contributed by atoms with Crippen LogP contribution in [0, 0.1) is 6.92 Å². The fourth-order valence-electron chi connectivity index (χ4n) is 4.48. The monoisotopic (exact) mass is 524 g/mol. The van der Waals surface area contributed by atoms with Crippen LogP contribution in [0.2, 0.25) is 10.0 Å². The molecule has 0 bridgehead atoms. The topological polar surface area (TPSA) is 79.7 Å². The highest BCUT2D eigenvalue weighted by Crippen LogP contribution is 2.43. The molecular formula is C28H26Cl2N2O4. The number of aliphatic hydroxyl groups excluding tert-OH is 1. The zero-order chi connectivity index (χ0) is 26.1. The number of ketones is 1. The third kappa shape index (κ3) is 4.71. The van der Waals surface area contributed by atoms with E-state index in [0.29, 0.717) is 27.5 Å². The number of ether oxygens (including phenoxy) is 1. The summed E-state index contributed by atoms with van der Waals surface area (Å²) in [7, 11) is 1.59. The van der Waals surface area contributed by atoms with Gasteiger partial charge >= 0.3 is 0 Å². The molecule has 0 saturated carbocycles. The first kappa shape index (κ1) is 25.7. The first-order valence-corrected chi connectivity index (χ1v) is 12.2. The molecule has 1 amide bonds. The van der Waals surface area contributed by atoms with Crippen LogP contribution in [0.5, 0.6) is 5.75 Å². The lowest BCUT2D eigenvalue weighted by molar-refractivity contribution is -0.140. The van der Waals surface area contributed by atoms with E-state index in [4.69, 9.17) is 27.9 Å². The maximum absolute atomic E-state index is 13.4. The fraction of sp³-hybridized carbons (Fsp3) is 0.250. The smallest absolute Gasteiger partial charge is 0.295 e. The highest BCUT2D eigenvalue weighted by atomic mass is 35.5. The number of halogens is 2. The van der Waals surface area contributed by atoms with Crippen molar-refractivity contribution in [3.8, 4) is 5.75 Å². The molecule has 186 valence electrons. The summed E-state index contributed by atoms with van der Waals surface area (Å²) in [6, 6.07) is 11.3. The summed E-state index contributed by atoms with van der Waals surface area (Å²) in [5.74, 6) is -0.923. The third-order valence-electron chi connectivity index (χ3n) is 6.36. The predicted molar refractivity (Wildman–Crippen MR) is 140 cm³/mol. The largest absolute Gasteiger partial charge is 0.507 e. The molecule has 36 heavy (non-hydrogen) atoms. The molecule has 1 aliphatic heterocycles. The summed E-state index contributed by atoms with van der Waals surface area (Å²) >= 11 is 12.5. The number of rotatable bonds is 6. The minimum atomic E-state index is -0.864. The van der Waals surface area contributed by atoms with E-state index in [1.165, 1.54) is 4.90 Å². The fourth-order valence-corrected chi connectivity index (χ4v) is 4.79. The average molecular weight is 525 g/mol. The minimum absolute atomic E-state index is 0.00424. The Kier molecular flexibility index (Phi) is 7.38. The Labute approximate surface area is 220 Å². The van der Waals surface area contributed by atoms with Crippen LogP contribution in [-0.4, -0.2) is 33.8 Å². The van der Waals surface area contributed by atoms with Gasteiger partial charge in [0.1, 0.15) is 11.5 Å². The second-order valence-corrected chi connectivity index (χ2v) is 9.83. The van der Waals surface area contributed by atoms with E-state index >= 15 is 0 Å². The molecule has 2 heterocycles. The summed E-state index contributed by atoms with van der Waals surface area (Å²) in [4.78, 5) is 32.1. The van der Waals surface area contributed by atoms with Crippen LogP contribution < -0.4 is 4.74 Å². The van der Waals surface area contributed by atoms with Crippen molar-refractivity contribution in [1.82, 2.24) is 9.88 Å². The zero-order valence-corrected chi connectivity index (χ0v) is 21.9. The molecule has 8 heteroatoms. The molecule has 1 N–H and O–H groups in total. The van der Waals surface area contributed by atoms with Gasteiger partial charge in [0.25, 0.3) is 11.7 Å². The average Bonchev–Trinajstić information content (AvgIpc) is 3.10. The maximum atomic E-state index is 13.4. The normalized spacial score (nSPS) is 17.2. The van der Waals surface area contributed by atoms with E-state index in [2.05, 4.69) is 4.98 Å². The molecule has 1 aliphatic rings. The van der Waals surface area contributed by atoms with Crippen LogP contribution in [-0.2, 0) is 16.1 Å². The molecule has 2 aromatic carbocycles. The van der Waals surface area contributed by atoms with Gasteiger partial charge in [-0.15, -0.1) is 0 Å². The van der Waals surface area contributed by atoms with E-state index in [1.54, 1.807) is 49.8 Å². The Morgan fingerprint density at radius 3 is 2.39 bits per heavy atom. The molecule has 1 atom stereocenters. The summed E-state index contributed by atoms with van der Waals surface area (Å²) in [5.41, 5.74) is 3.40. The van der Waals surface area contributed by atoms with Gasteiger partial charge in [-0.05, 0) is 71.5 Å². The van der Waals surface area contributed by atoms with E-state index in [1.807, 2.05) is 32.9 Å². The number of carbonyl (C=O) groups excluding carboxylic acids is 2. The molecule has 6 nitrogen and oxygen atoms in total. The van der Waals surface area contributed by atoms with E-state index in [-0.39, 0.29) is 28.8 Å². The lowest BCUT2D eigenvalue weighted by Crippen LogP contribution is -2.29. The number of hydrogen-bond acceptors (Lipinski definition) is 5. The van der Waals surface area contributed by atoms with E-state index in [0.717, 1.165) is 11.1 Å². The standard InChI is InChI=1S/C28H26Cl2N2O4/c1-15(2)19-13-20(16(3)11-23(19)36-4)26(33)24-25(18-5-6-21(29)22(30)12-18)32(28(35)27(24)34)14-17-7-9-31-10-8-17/h5-13,15,25,33H,14H2,1-4H3/b26-24+. The second-order valence-electron chi connectivity index (χ2n) is 9.02. The number of hydrogen-bond donors (Lipinski definition) is 1. The Morgan fingerprint density at radius 2 is 1.78 bits per heavy atom. The van der Waals surface area contributed by atoms with Crippen molar-refractivity contribution in [3.05, 3.63) is 98.3 Å². The van der Waals surface area contributed by atoms with Crippen molar-refractivity contribution in [2.45, 2.75) is 39.3 Å². The van der Waals surface area contributed by atoms with Gasteiger partial charge in [-0.1, -0.05) is 43.1 Å². The van der Waals surface area contributed by atoms with Crippen LogP contribution >= 0.6 is 23.2 Å². The number of aromatic nitrogens is 1. The number of carbonyl (C=O) groups is 2. The molecule has 1 aromatic heterocycles. The number of likely N-dealkylation sites (tertiary alicyclic amines) is 1. The van der Waals surface area contributed by atoms with Gasteiger partial charge in [-0.2, -0.15) is 0 Å². The SMILES string of the molecule is COc1cc(C)c(/C(O)=C2\C(=O)C(=O)N(Cc3ccncc3)C2c2ccc(Cl)c(Cl)c2)cc1C(C)C. The predicted octanol–water partition coefficient (Wildman–Crippen LogP) is 6.45. The van der Waals surface area contributed by atoms with Gasteiger partial charge in [0.15, 0.2) is 0 Å². The number of nitrogens with zero attached hydrogens (tertiary/aromatic N) is 2. The molecule has 3 aromatic rings. The Bertz CT molecular complexity index is 1370. The number of amides is 1. The number of benzene rings is 2. The molecule has 1 fully saturated rings. The van der Waals surface area contributed by atoms with Crippen molar-refractivity contribution < 1.29 is 19.4 Å². The highest BCUT2D eigenvalue weighted by Gasteiger charge is 2.46. The van der Waals surface area contributed by atoms with Crippen molar-refractivity contribution in [2.75, 3.05) is 7.11 Å². The molecule has 4 rings (SSSR count). The van der Waals surface area contributed by atoms with Crippen LogP contribution in [0.25, 0.3) is 5.76 Å². The third-order valence-corrected chi connectivity index (χ3v) is 7.09. The molecule has 1 saturated heterocycles. The first-order chi connectivity index (χ1) is 17.1. The first-order valence-electron chi connectivity index (χ1n) is 11.4. The number of methoxy groups -OCH3 is 1. The minimum Gasteiger partial charge on any atom is -0.507 e. The lowest BCUT2D eigenvalue weighted by Gasteiger charge is -2.26. The van der Waals surface area contributed by atoms with Crippen molar-refractivity contribution >= 4 is 40.7 Å². The Hall–Kier alpha value is -3.35. The van der Waals surface area contributed by atoms with Crippen molar-refractivity contribution in [2.24, 2.45) is 0 Å². The molecule has 1 unspecified atom stereocenters. The summed E-state index contributed by atoms with van der Waals surface area (Å²) < 4.78 is 5.52. The number of aryl methyl sites for hydroxylation is 1. The second kappa shape index (κ2) is 10.3. The van der Waals surface area contributed by atoms with Crippen LogP contribution in [0.3, 0.4) is 0 Å². The molecule has 0 spiro atoms. The van der Waals surface area contributed by atoms with Gasteiger partial charge in [0, 0.05) is 24.5 Å². The molecule has 0 aliphatic carbocycles. The quantitative estimate of drug-likeness (QED) is 0.227. The van der Waals surface area contributed by atoms with Gasteiger partial charge in [0.05, 0.1) is 28.8 Å².